The maximum Gasteiger partial charge on any atom is -0.00672 e. The van der Waals surface area contributed by atoms with Gasteiger partial charge in [-0.3, -0.25) is 0 Å². The topological polar surface area (TPSA) is 0 Å². The molecule has 0 aromatic heterocycles. The lowest BCUT2D eigenvalue weighted by Crippen LogP contribution is -1.86. The second kappa shape index (κ2) is 11.7. The Labute approximate surface area is 86.3 Å². The van der Waals surface area contributed by atoms with E-state index in [1.165, 1.54) is 48.7 Å². The van der Waals surface area contributed by atoms with Crippen LogP contribution >= 0.6 is 23.5 Å². The van der Waals surface area contributed by atoms with Crippen LogP contribution in [0.1, 0.15) is 39.5 Å². The summed E-state index contributed by atoms with van der Waals surface area (Å²) in [4.78, 5) is 0. The average Bonchev–Trinajstić information content (AvgIpc) is 2.10. The maximum absolute atomic E-state index is 2.26. The molecule has 0 aromatic rings. The molecule has 0 amide bonds. The molecule has 0 fully saturated rings. The highest BCUT2D eigenvalue weighted by molar-refractivity contribution is 7.99. The second-order valence-corrected chi connectivity index (χ2v) is 5.49. The van der Waals surface area contributed by atoms with Gasteiger partial charge in [0.1, 0.15) is 0 Å². The van der Waals surface area contributed by atoms with Gasteiger partial charge in [-0.25, -0.2) is 0 Å². The smallest absolute Gasteiger partial charge is 0.00672 e. The fourth-order valence-electron chi connectivity index (χ4n) is 0.901. The van der Waals surface area contributed by atoms with Gasteiger partial charge < -0.3 is 0 Å². The molecule has 0 aliphatic rings. The van der Waals surface area contributed by atoms with Crippen molar-refractivity contribution in [3.05, 3.63) is 0 Å². The molecule has 0 aliphatic heterocycles. The monoisotopic (exact) mass is 206 g/mol. The third-order valence-electron chi connectivity index (χ3n) is 1.67. The zero-order valence-corrected chi connectivity index (χ0v) is 10.1. The van der Waals surface area contributed by atoms with Crippen molar-refractivity contribution in [2.75, 3.05) is 23.0 Å². The van der Waals surface area contributed by atoms with Crippen LogP contribution in [0.5, 0.6) is 0 Å². The molecule has 0 aliphatic carbocycles. The summed E-state index contributed by atoms with van der Waals surface area (Å²) < 4.78 is 0. The first-order valence-corrected chi connectivity index (χ1v) is 7.38. The highest BCUT2D eigenvalue weighted by atomic mass is 32.2. The van der Waals surface area contributed by atoms with E-state index >= 15 is 0 Å². The Bertz CT molecular complexity index is 64.2. The quantitative estimate of drug-likeness (QED) is 0.522. The van der Waals surface area contributed by atoms with Crippen LogP contribution in [0, 0.1) is 0 Å². The summed E-state index contributed by atoms with van der Waals surface area (Å²) in [5, 5.41) is 0. The van der Waals surface area contributed by atoms with Crippen LogP contribution in [-0.2, 0) is 0 Å². The molecule has 0 aromatic carbocycles. The highest BCUT2D eigenvalue weighted by Crippen LogP contribution is 2.10. The van der Waals surface area contributed by atoms with Gasteiger partial charge in [0.2, 0.25) is 0 Å². The first-order valence-electron chi connectivity index (χ1n) is 5.07. The third-order valence-corrected chi connectivity index (χ3v) is 3.81. The summed E-state index contributed by atoms with van der Waals surface area (Å²) in [7, 11) is 0. The summed E-state index contributed by atoms with van der Waals surface area (Å²) in [6.07, 6.45) is 5.58. The molecule has 0 radical (unpaired) electrons. The summed E-state index contributed by atoms with van der Waals surface area (Å²) in [6.45, 7) is 4.50. The predicted molar refractivity (Wildman–Crippen MR) is 64.5 cm³/mol. The molecule has 74 valence electrons. The fourth-order valence-corrected chi connectivity index (χ4v) is 2.70. The zero-order valence-electron chi connectivity index (χ0n) is 8.47. The Balaban J connectivity index is 2.73. The van der Waals surface area contributed by atoms with Crippen molar-refractivity contribution in [1.29, 1.82) is 0 Å². The van der Waals surface area contributed by atoms with Crippen LogP contribution in [0.3, 0.4) is 0 Å². The van der Waals surface area contributed by atoms with E-state index in [1.54, 1.807) is 0 Å². The van der Waals surface area contributed by atoms with E-state index in [9.17, 15) is 0 Å². The minimum absolute atomic E-state index is 1.28. The largest absolute Gasteiger partial charge is 0.162 e. The van der Waals surface area contributed by atoms with Gasteiger partial charge in [-0.2, -0.15) is 23.5 Å². The molecule has 0 N–H and O–H groups in total. The summed E-state index contributed by atoms with van der Waals surface area (Å²) in [6, 6.07) is 0. The SMILES string of the molecule is CCCCSCCCCSCC. The van der Waals surface area contributed by atoms with Gasteiger partial charge in [0.25, 0.3) is 0 Å². The summed E-state index contributed by atoms with van der Waals surface area (Å²) >= 11 is 4.19. The molecule has 12 heavy (non-hydrogen) atoms. The number of rotatable bonds is 9. The second-order valence-electron chi connectivity index (χ2n) is 2.87. The van der Waals surface area contributed by atoms with Gasteiger partial charge in [0, 0.05) is 0 Å². The van der Waals surface area contributed by atoms with Crippen molar-refractivity contribution < 1.29 is 0 Å². The van der Waals surface area contributed by atoms with E-state index in [0.29, 0.717) is 0 Å². The molecule has 0 bridgehead atoms. The molecule has 0 nitrogen and oxygen atoms in total. The van der Waals surface area contributed by atoms with Crippen LogP contribution in [0.2, 0.25) is 0 Å². The number of hydrogen-bond acceptors (Lipinski definition) is 2. The third kappa shape index (κ3) is 10.7. The van der Waals surface area contributed by atoms with E-state index < -0.39 is 0 Å². The molecule has 0 unspecified atom stereocenters. The van der Waals surface area contributed by atoms with Crippen molar-refractivity contribution in [3.63, 3.8) is 0 Å². The van der Waals surface area contributed by atoms with Crippen molar-refractivity contribution in [2.24, 2.45) is 0 Å². The Morgan fingerprint density at radius 1 is 0.750 bits per heavy atom. The van der Waals surface area contributed by atoms with Crippen molar-refractivity contribution in [1.82, 2.24) is 0 Å². The average molecular weight is 206 g/mol. The van der Waals surface area contributed by atoms with E-state index in [4.69, 9.17) is 0 Å². The van der Waals surface area contributed by atoms with Gasteiger partial charge >= 0.3 is 0 Å². The van der Waals surface area contributed by atoms with E-state index in [-0.39, 0.29) is 0 Å². The maximum atomic E-state index is 2.26. The van der Waals surface area contributed by atoms with Crippen molar-refractivity contribution >= 4 is 23.5 Å². The molecule has 0 saturated heterocycles. The zero-order chi connectivity index (χ0) is 9.07. The van der Waals surface area contributed by atoms with Gasteiger partial charge in [0.15, 0.2) is 0 Å². The summed E-state index contributed by atoms with van der Waals surface area (Å²) in [5.41, 5.74) is 0. The van der Waals surface area contributed by atoms with E-state index in [0.717, 1.165) is 0 Å². The minimum Gasteiger partial charge on any atom is -0.162 e. The van der Waals surface area contributed by atoms with Gasteiger partial charge in [-0.1, -0.05) is 20.3 Å². The van der Waals surface area contributed by atoms with E-state index in [2.05, 4.69) is 37.4 Å². The standard InChI is InChI=1S/C10H22S2/c1-3-5-8-12-10-7-6-9-11-4-2/h3-10H2,1-2H3. The van der Waals surface area contributed by atoms with Gasteiger partial charge in [-0.05, 0) is 42.3 Å². The first kappa shape index (κ1) is 12.7. The molecular weight excluding hydrogens is 184 g/mol. The predicted octanol–water partition coefficient (Wildman–Crippen LogP) is 4.05. The molecular formula is C10H22S2. The lowest BCUT2D eigenvalue weighted by atomic mass is 10.4. The van der Waals surface area contributed by atoms with Crippen LogP contribution in [0.4, 0.5) is 0 Å². The Morgan fingerprint density at radius 2 is 1.33 bits per heavy atom. The van der Waals surface area contributed by atoms with Crippen LogP contribution in [-0.4, -0.2) is 23.0 Å². The Morgan fingerprint density at radius 3 is 1.92 bits per heavy atom. The lowest BCUT2D eigenvalue weighted by Gasteiger charge is -2.00. The number of hydrogen-bond donors (Lipinski definition) is 0. The van der Waals surface area contributed by atoms with Crippen LogP contribution in [0.25, 0.3) is 0 Å². The highest BCUT2D eigenvalue weighted by Gasteiger charge is 1.90. The molecule has 0 atom stereocenters. The Kier molecular flexibility index (Phi) is 12.4. The van der Waals surface area contributed by atoms with Gasteiger partial charge in [-0.15, -0.1) is 0 Å². The minimum atomic E-state index is 1.28. The lowest BCUT2D eigenvalue weighted by molar-refractivity contribution is 0.883. The van der Waals surface area contributed by atoms with Gasteiger partial charge in [0.05, 0.1) is 0 Å². The first-order chi connectivity index (χ1) is 5.91. The number of thioether (sulfide) groups is 2. The van der Waals surface area contributed by atoms with Crippen LogP contribution in [0.15, 0.2) is 0 Å². The fraction of sp³-hybridized carbons (Fsp3) is 1.00. The van der Waals surface area contributed by atoms with Crippen LogP contribution < -0.4 is 0 Å². The summed E-state index contributed by atoms with van der Waals surface area (Å²) in [5.74, 6) is 5.40. The number of unbranched alkanes of at least 4 members (excludes halogenated alkanes) is 2. The Hall–Kier alpha value is 0.700. The molecule has 0 heterocycles. The van der Waals surface area contributed by atoms with E-state index in [1.807, 2.05) is 0 Å². The molecule has 2 heteroatoms. The molecule has 0 rings (SSSR count). The molecule has 0 saturated carbocycles. The van der Waals surface area contributed by atoms with Crippen molar-refractivity contribution in [2.45, 2.75) is 39.5 Å². The van der Waals surface area contributed by atoms with Crippen molar-refractivity contribution in [3.8, 4) is 0 Å². The normalized spacial score (nSPS) is 10.5. The molecule has 0 spiro atoms.